The predicted octanol–water partition coefficient (Wildman–Crippen LogP) is 3.36. The van der Waals surface area contributed by atoms with Crippen LogP contribution in [-0.4, -0.2) is 34.0 Å². The second kappa shape index (κ2) is 6.14. The van der Waals surface area contributed by atoms with Crippen LogP contribution < -0.4 is 0 Å². The molecule has 1 saturated heterocycles. The Labute approximate surface area is 135 Å². The van der Waals surface area contributed by atoms with E-state index >= 15 is 0 Å². The molecule has 120 valence electrons. The molecule has 1 aliphatic heterocycles. The number of amides is 1. The first kappa shape index (κ1) is 14.4. The van der Waals surface area contributed by atoms with Gasteiger partial charge in [0.25, 0.3) is 5.91 Å². The number of benzene rings is 1. The molecule has 2 heterocycles. The summed E-state index contributed by atoms with van der Waals surface area (Å²) in [6.07, 6.45) is 5.75. The third-order valence-electron chi connectivity index (χ3n) is 5.02. The number of hydrogen-bond donors (Lipinski definition) is 0. The molecule has 1 aromatic carbocycles. The van der Waals surface area contributed by atoms with E-state index in [4.69, 9.17) is 4.52 Å². The molecule has 0 bridgehead atoms. The number of rotatable bonds is 3. The van der Waals surface area contributed by atoms with Gasteiger partial charge in [0.05, 0.1) is 5.92 Å². The number of carbonyl (C=O) groups excluding carboxylic acids is 1. The van der Waals surface area contributed by atoms with Gasteiger partial charge < -0.3 is 9.42 Å². The highest BCUT2D eigenvalue weighted by atomic mass is 16.5. The van der Waals surface area contributed by atoms with E-state index in [0.717, 1.165) is 24.4 Å². The minimum atomic E-state index is 0.0867. The van der Waals surface area contributed by atoms with Crippen LogP contribution in [0.5, 0.6) is 0 Å². The SMILES string of the molecule is O=C(c1ccccc1)N1CC[C@H](c2nc(C3CCCC3)no2)C1. The van der Waals surface area contributed by atoms with Crippen LogP contribution in [-0.2, 0) is 0 Å². The normalized spacial score (nSPS) is 21.9. The summed E-state index contributed by atoms with van der Waals surface area (Å²) in [6.45, 7) is 1.42. The standard InChI is InChI=1S/C18H21N3O2/c22-18(14-8-2-1-3-9-14)21-11-10-15(12-21)17-19-16(20-23-17)13-6-4-5-7-13/h1-3,8-9,13,15H,4-7,10-12H2/t15-/m0/s1. The lowest BCUT2D eigenvalue weighted by molar-refractivity contribution is 0.0789. The largest absolute Gasteiger partial charge is 0.339 e. The van der Waals surface area contributed by atoms with Gasteiger partial charge in [-0.15, -0.1) is 0 Å². The summed E-state index contributed by atoms with van der Waals surface area (Å²) in [4.78, 5) is 19.0. The summed E-state index contributed by atoms with van der Waals surface area (Å²) >= 11 is 0. The molecule has 2 aromatic rings. The van der Waals surface area contributed by atoms with Gasteiger partial charge in [-0.1, -0.05) is 36.2 Å². The minimum Gasteiger partial charge on any atom is -0.339 e. The summed E-state index contributed by atoms with van der Waals surface area (Å²) in [5, 5.41) is 4.18. The highest BCUT2D eigenvalue weighted by molar-refractivity contribution is 5.94. The van der Waals surface area contributed by atoms with Crippen molar-refractivity contribution in [1.82, 2.24) is 15.0 Å². The lowest BCUT2D eigenvalue weighted by Crippen LogP contribution is -2.28. The molecule has 2 aliphatic rings. The Morgan fingerprint density at radius 3 is 2.65 bits per heavy atom. The van der Waals surface area contributed by atoms with Crippen molar-refractivity contribution in [2.24, 2.45) is 0 Å². The van der Waals surface area contributed by atoms with Crippen LogP contribution >= 0.6 is 0 Å². The van der Waals surface area contributed by atoms with Crippen LogP contribution in [0.1, 0.15) is 66.0 Å². The summed E-state index contributed by atoms with van der Waals surface area (Å²) in [5.74, 6) is 2.30. The third-order valence-corrected chi connectivity index (χ3v) is 5.02. The van der Waals surface area contributed by atoms with Crippen LogP contribution in [0.2, 0.25) is 0 Å². The number of hydrogen-bond acceptors (Lipinski definition) is 4. The van der Waals surface area contributed by atoms with Crippen LogP contribution in [0.25, 0.3) is 0 Å². The molecule has 1 amide bonds. The molecule has 0 spiro atoms. The zero-order valence-corrected chi connectivity index (χ0v) is 13.1. The van der Waals surface area contributed by atoms with E-state index in [-0.39, 0.29) is 11.8 Å². The number of carbonyl (C=O) groups is 1. The van der Waals surface area contributed by atoms with Crippen molar-refractivity contribution in [1.29, 1.82) is 0 Å². The summed E-state index contributed by atoms with van der Waals surface area (Å²) < 4.78 is 5.50. The van der Waals surface area contributed by atoms with Gasteiger partial charge in [-0.25, -0.2) is 0 Å². The van der Waals surface area contributed by atoms with Crippen LogP contribution in [0.4, 0.5) is 0 Å². The van der Waals surface area contributed by atoms with E-state index in [1.54, 1.807) is 0 Å². The Morgan fingerprint density at radius 1 is 1.09 bits per heavy atom. The topological polar surface area (TPSA) is 59.2 Å². The minimum absolute atomic E-state index is 0.0867. The van der Waals surface area contributed by atoms with Gasteiger partial charge in [-0.2, -0.15) is 4.98 Å². The third kappa shape index (κ3) is 2.87. The van der Waals surface area contributed by atoms with E-state index in [0.29, 0.717) is 18.4 Å². The molecule has 23 heavy (non-hydrogen) atoms. The monoisotopic (exact) mass is 311 g/mol. The van der Waals surface area contributed by atoms with Crippen LogP contribution in [0.3, 0.4) is 0 Å². The van der Waals surface area contributed by atoms with Crippen molar-refractivity contribution in [2.45, 2.75) is 43.9 Å². The average molecular weight is 311 g/mol. The second-order valence-corrected chi connectivity index (χ2v) is 6.57. The Bertz CT molecular complexity index is 677. The van der Waals surface area contributed by atoms with Gasteiger partial charge in [-0.05, 0) is 31.4 Å². The van der Waals surface area contributed by atoms with Crippen molar-refractivity contribution in [3.63, 3.8) is 0 Å². The Hall–Kier alpha value is -2.17. The van der Waals surface area contributed by atoms with E-state index in [9.17, 15) is 4.79 Å². The van der Waals surface area contributed by atoms with Crippen molar-refractivity contribution in [3.05, 3.63) is 47.6 Å². The average Bonchev–Trinajstić information content (AvgIpc) is 3.34. The summed E-state index contributed by atoms with van der Waals surface area (Å²) in [6, 6.07) is 9.44. The summed E-state index contributed by atoms with van der Waals surface area (Å²) in [7, 11) is 0. The van der Waals surface area contributed by atoms with E-state index < -0.39 is 0 Å². The quantitative estimate of drug-likeness (QED) is 0.872. The van der Waals surface area contributed by atoms with Crippen molar-refractivity contribution >= 4 is 5.91 Å². The molecular weight excluding hydrogens is 290 g/mol. The fourth-order valence-corrected chi connectivity index (χ4v) is 3.67. The molecule has 0 unspecified atom stereocenters. The highest BCUT2D eigenvalue weighted by Crippen LogP contribution is 2.34. The first-order valence-corrected chi connectivity index (χ1v) is 8.49. The van der Waals surface area contributed by atoms with Gasteiger partial charge in [-0.3, -0.25) is 4.79 Å². The lowest BCUT2D eigenvalue weighted by atomic mass is 10.1. The van der Waals surface area contributed by atoms with E-state index in [1.807, 2.05) is 35.2 Å². The van der Waals surface area contributed by atoms with Crippen LogP contribution in [0, 0.1) is 0 Å². The Balaban J connectivity index is 1.43. The van der Waals surface area contributed by atoms with Gasteiger partial charge in [0.15, 0.2) is 5.82 Å². The molecular formula is C18H21N3O2. The molecule has 1 aliphatic carbocycles. The first-order valence-electron chi connectivity index (χ1n) is 8.49. The molecule has 0 radical (unpaired) electrons. The van der Waals surface area contributed by atoms with Gasteiger partial charge >= 0.3 is 0 Å². The maximum Gasteiger partial charge on any atom is 0.253 e. The molecule has 5 nitrogen and oxygen atoms in total. The Morgan fingerprint density at radius 2 is 1.87 bits per heavy atom. The van der Waals surface area contributed by atoms with E-state index in [1.165, 1.54) is 25.7 Å². The lowest BCUT2D eigenvalue weighted by Gasteiger charge is -2.15. The second-order valence-electron chi connectivity index (χ2n) is 6.57. The molecule has 0 N–H and O–H groups in total. The van der Waals surface area contributed by atoms with Crippen molar-refractivity contribution in [2.75, 3.05) is 13.1 Å². The zero-order chi connectivity index (χ0) is 15.6. The smallest absolute Gasteiger partial charge is 0.253 e. The molecule has 1 saturated carbocycles. The van der Waals surface area contributed by atoms with Gasteiger partial charge in [0.2, 0.25) is 5.89 Å². The first-order chi connectivity index (χ1) is 11.3. The Kier molecular flexibility index (Phi) is 3.85. The molecule has 2 fully saturated rings. The number of nitrogens with zero attached hydrogens (tertiary/aromatic N) is 3. The predicted molar refractivity (Wildman–Crippen MR) is 85.2 cm³/mol. The molecule has 4 rings (SSSR count). The van der Waals surface area contributed by atoms with Gasteiger partial charge in [0.1, 0.15) is 0 Å². The zero-order valence-electron chi connectivity index (χ0n) is 13.1. The molecule has 5 heteroatoms. The van der Waals surface area contributed by atoms with Crippen LogP contribution in [0.15, 0.2) is 34.9 Å². The van der Waals surface area contributed by atoms with E-state index in [2.05, 4.69) is 10.1 Å². The molecule has 1 aromatic heterocycles. The summed E-state index contributed by atoms with van der Waals surface area (Å²) in [5.41, 5.74) is 0.741. The molecule has 1 atom stereocenters. The number of likely N-dealkylation sites (tertiary alicyclic amines) is 1. The fraction of sp³-hybridized carbons (Fsp3) is 0.500. The maximum absolute atomic E-state index is 12.5. The van der Waals surface area contributed by atoms with Crippen molar-refractivity contribution in [3.8, 4) is 0 Å². The highest BCUT2D eigenvalue weighted by Gasteiger charge is 2.32. The van der Waals surface area contributed by atoms with Gasteiger partial charge in [0, 0.05) is 24.6 Å². The van der Waals surface area contributed by atoms with Crippen molar-refractivity contribution < 1.29 is 9.32 Å². The number of aromatic nitrogens is 2. The maximum atomic E-state index is 12.5. The fourth-order valence-electron chi connectivity index (χ4n) is 3.67.